The maximum atomic E-state index is 13.8. The number of fused-ring (bicyclic) bond motifs is 1. The van der Waals surface area contributed by atoms with E-state index in [9.17, 15) is 19.1 Å². The maximum absolute atomic E-state index is 13.8. The van der Waals surface area contributed by atoms with Crippen LogP contribution in [0.25, 0.3) is 11.8 Å². The normalized spacial score (nSPS) is 15.4. The molecule has 0 amide bonds. The van der Waals surface area contributed by atoms with Gasteiger partial charge in [0.1, 0.15) is 11.6 Å². The first-order chi connectivity index (χ1) is 17.5. The lowest BCUT2D eigenvalue weighted by molar-refractivity contribution is -0.138. The third-order valence-electron chi connectivity index (χ3n) is 5.75. The molecule has 0 unspecified atom stereocenters. The Morgan fingerprint density at radius 1 is 1.08 bits per heavy atom. The molecule has 5 rings (SSSR count). The molecule has 0 aliphatic carbocycles. The van der Waals surface area contributed by atoms with Crippen LogP contribution in [0.15, 0.2) is 94.2 Å². The van der Waals surface area contributed by atoms with E-state index >= 15 is 0 Å². The predicted molar refractivity (Wildman–Crippen MR) is 136 cm³/mol. The van der Waals surface area contributed by atoms with Crippen LogP contribution >= 0.6 is 11.3 Å². The van der Waals surface area contributed by atoms with Gasteiger partial charge in [-0.1, -0.05) is 65.9 Å². The van der Waals surface area contributed by atoms with E-state index in [0.717, 1.165) is 5.56 Å². The Kier molecular flexibility index (Phi) is 6.35. The molecule has 3 aromatic carbocycles. The summed E-state index contributed by atoms with van der Waals surface area (Å²) >= 11 is 1.19. The van der Waals surface area contributed by atoms with E-state index < -0.39 is 17.8 Å². The Labute approximate surface area is 209 Å². The average molecular weight is 501 g/mol. The molecule has 180 valence electrons. The number of benzene rings is 3. The molecule has 36 heavy (non-hydrogen) atoms. The predicted octanol–water partition coefficient (Wildman–Crippen LogP) is 3.78. The molecule has 1 aromatic heterocycles. The van der Waals surface area contributed by atoms with Crippen molar-refractivity contribution in [1.82, 2.24) is 4.57 Å². The molecular formula is C28H21FN2O4S. The van der Waals surface area contributed by atoms with E-state index in [1.807, 2.05) is 30.3 Å². The van der Waals surface area contributed by atoms with Crippen LogP contribution in [0.4, 0.5) is 4.39 Å². The zero-order chi connectivity index (χ0) is 25.2. The van der Waals surface area contributed by atoms with Crippen LogP contribution in [0.1, 0.15) is 29.7 Å². The SMILES string of the molecule is CCOC(=O)C1=C(c2ccccc2)N=c2s/c(=C\c3ccc(O)cc3)c(=O)n2[C@H]1c1ccc(F)cc1. The number of carbonyl (C=O) groups excluding carboxylic acids is 1. The number of phenols is 1. The number of aromatic nitrogens is 1. The molecule has 0 radical (unpaired) electrons. The number of phenolic OH excluding ortho intramolecular Hbond substituents is 1. The topological polar surface area (TPSA) is 80.9 Å². The van der Waals surface area contributed by atoms with Gasteiger partial charge in [-0.05, 0) is 48.4 Å². The summed E-state index contributed by atoms with van der Waals surface area (Å²) < 4.78 is 21.1. The molecule has 1 N–H and O–H groups in total. The number of ether oxygens (including phenoxy) is 1. The molecular weight excluding hydrogens is 479 g/mol. The quantitative estimate of drug-likeness (QED) is 0.423. The second-order valence-corrected chi connectivity index (χ2v) is 9.08. The second kappa shape index (κ2) is 9.75. The van der Waals surface area contributed by atoms with E-state index in [4.69, 9.17) is 9.73 Å². The van der Waals surface area contributed by atoms with Gasteiger partial charge in [0, 0.05) is 5.56 Å². The molecule has 8 heteroatoms. The van der Waals surface area contributed by atoms with Crippen molar-refractivity contribution in [2.24, 2.45) is 4.99 Å². The van der Waals surface area contributed by atoms with E-state index in [-0.39, 0.29) is 23.5 Å². The molecule has 0 fully saturated rings. The largest absolute Gasteiger partial charge is 0.508 e. The highest BCUT2D eigenvalue weighted by Gasteiger charge is 2.35. The van der Waals surface area contributed by atoms with Gasteiger partial charge in [0.05, 0.1) is 28.5 Å². The minimum absolute atomic E-state index is 0.122. The summed E-state index contributed by atoms with van der Waals surface area (Å²) in [4.78, 5) is 32.2. The summed E-state index contributed by atoms with van der Waals surface area (Å²) in [5.74, 6) is -0.901. The van der Waals surface area contributed by atoms with Crippen LogP contribution in [0.2, 0.25) is 0 Å². The molecule has 6 nitrogen and oxygen atoms in total. The van der Waals surface area contributed by atoms with Crippen LogP contribution < -0.4 is 14.9 Å². The van der Waals surface area contributed by atoms with Gasteiger partial charge < -0.3 is 9.84 Å². The number of thiazole rings is 1. The van der Waals surface area contributed by atoms with Crippen LogP contribution in [0, 0.1) is 5.82 Å². The molecule has 2 heterocycles. The summed E-state index contributed by atoms with van der Waals surface area (Å²) in [6.07, 6.45) is 1.71. The van der Waals surface area contributed by atoms with Crippen molar-refractivity contribution in [2.75, 3.05) is 6.61 Å². The lowest BCUT2D eigenvalue weighted by atomic mass is 9.93. The average Bonchev–Trinajstić information content (AvgIpc) is 3.20. The standard InChI is InChI=1S/C28H21FN2O4S/c1-2-35-27(34)23-24(18-6-4-3-5-7-18)30-28-31(25(23)19-10-12-20(29)13-11-19)26(33)22(36-28)16-17-8-14-21(32)15-9-17/h3-16,25,32H,2H2,1H3/b22-16-/t25-/m0/s1. The number of hydrogen-bond acceptors (Lipinski definition) is 6. The number of carbonyl (C=O) groups is 1. The number of hydrogen-bond donors (Lipinski definition) is 1. The number of nitrogens with zero attached hydrogens (tertiary/aromatic N) is 2. The first-order valence-electron chi connectivity index (χ1n) is 11.3. The monoisotopic (exact) mass is 500 g/mol. The third kappa shape index (κ3) is 4.38. The van der Waals surface area contributed by atoms with Crippen molar-refractivity contribution in [3.05, 3.63) is 127 Å². The number of rotatable bonds is 5. The van der Waals surface area contributed by atoms with Crippen molar-refractivity contribution in [3.63, 3.8) is 0 Å². The van der Waals surface area contributed by atoms with Gasteiger partial charge in [-0.2, -0.15) is 0 Å². The fraction of sp³-hybridized carbons (Fsp3) is 0.107. The summed E-state index contributed by atoms with van der Waals surface area (Å²) in [5, 5.41) is 9.58. The summed E-state index contributed by atoms with van der Waals surface area (Å²) in [7, 11) is 0. The minimum Gasteiger partial charge on any atom is -0.508 e. The van der Waals surface area contributed by atoms with E-state index in [0.29, 0.717) is 26.2 Å². The van der Waals surface area contributed by atoms with Crippen molar-refractivity contribution in [1.29, 1.82) is 0 Å². The van der Waals surface area contributed by atoms with Gasteiger partial charge in [0.15, 0.2) is 4.80 Å². The molecule has 4 aromatic rings. The van der Waals surface area contributed by atoms with Gasteiger partial charge in [0.2, 0.25) is 0 Å². The molecule has 1 atom stereocenters. The Hall–Kier alpha value is -4.30. The highest BCUT2D eigenvalue weighted by Crippen LogP contribution is 2.35. The number of aromatic hydroxyl groups is 1. The Bertz CT molecular complexity index is 1640. The molecule has 0 saturated carbocycles. The van der Waals surface area contributed by atoms with E-state index in [1.54, 1.807) is 37.3 Å². The van der Waals surface area contributed by atoms with Crippen LogP contribution in [-0.4, -0.2) is 22.2 Å². The zero-order valence-corrected chi connectivity index (χ0v) is 20.0. The minimum atomic E-state index is -0.863. The van der Waals surface area contributed by atoms with Crippen molar-refractivity contribution in [2.45, 2.75) is 13.0 Å². The van der Waals surface area contributed by atoms with Crippen molar-refractivity contribution < 1.29 is 19.0 Å². The second-order valence-electron chi connectivity index (χ2n) is 8.07. The van der Waals surface area contributed by atoms with Crippen LogP contribution in [-0.2, 0) is 9.53 Å². The molecule has 1 aliphatic heterocycles. The lowest BCUT2D eigenvalue weighted by Crippen LogP contribution is -2.40. The van der Waals surface area contributed by atoms with Gasteiger partial charge in [-0.3, -0.25) is 9.36 Å². The van der Waals surface area contributed by atoms with E-state index in [1.165, 1.54) is 40.2 Å². The number of esters is 1. The Morgan fingerprint density at radius 3 is 2.44 bits per heavy atom. The fourth-order valence-corrected chi connectivity index (χ4v) is 5.12. The fourth-order valence-electron chi connectivity index (χ4n) is 4.12. The van der Waals surface area contributed by atoms with Gasteiger partial charge in [-0.15, -0.1) is 0 Å². The van der Waals surface area contributed by atoms with Crippen LogP contribution in [0.5, 0.6) is 5.75 Å². The summed E-state index contributed by atoms with van der Waals surface area (Å²) in [5.41, 5.74) is 2.25. The van der Waals surface area contributed by atoms with Crippen molar-refractivity contribution >= 4 is 29.1 Å². The van der Waals surface area contributed by atoms with Gasteiger partial charge in [-0.25, -0.2) is 14.2 Å². The van der Waals surface area contributed by atoms with Gasteiger partial charge >= 0.3 is 5.97 Å². The summed E-state index contributed by atoms with van der Waals surface area (Å²) in [6, 6.07) is 20.5. The van der Waals surface area contributed by atoms with Crippen molar-refractivity contribution in [3.8, 4) is 5.75 Å². The smallest absolute Gasteiger partial charge is 0.338 e. The molecule has 0 bridgehead atoms. The lowest BCUT2D eigenvalue weighted by Gasteiger charge is -2.25. The van der Waals surface area contributed by atoms with E-state index in [2.05, 4.69) is 0 Å². The third-order valence-corrected chi connectivity index (χ3v) is 6.73. The molecule has 1 aliphatic rings. The maximum Gasteiger partial charge on any atom is 0.338 e. The molecule has 0 spiro atoms. The number of halogens is 1. The highest BCUT2D eigenvalue weighted by molar-refractivity contribution is 7.07. The first kappa shape index (κ1) is 23.4. The Balaban J connectivity index is 1.82. The zero-order valence-electron chi connectivity index (χ0n) is 19.2. The first-order valence-corrected chi connectivity index (χ1v) is 12.1. The Morgan fingerprint density at radius 2 is 1.78 bits per heavy atom. The summed E-state index contributed by atoms with van der Waals surface area (Å²) in [6.45, 7) is 1.85. The highest BCUT2D eigenvalue weighted by atomic mass is 32.1. The van der Waals surface area contributed by atoms with Crippen LogP contribution in [0.3, 0.4) is 0 Å². The molecule has 0 saturated heterocycles. The van der Waals surface area contributed by atoms with Gasteiger partial charge in [0.25, 0.3) is 5.56 Å².